The van der Waals surface area contributed by atoms with E-state index in [1.54, 1.807) is 11.8 Å². The standard InChI is InChI=1S/C32H40O3SSi/c1-6-16-30(33-25-27-17-10-7-11-18-27)31(34-26-36-5)23-24-35-37(32(2,3)4,28-19-12-8-13-20-28)29-21-14-9-15-22-29/h1,7-15,17-22,30-31H,16,23-26H2,2-5H3/t30-,31-/m0/s1. The van der Waals surface area contributed by atoms with E-state index in [0.717, 1.165) is 5.56 Å². The largest absolute Gasteiger partial charge is 0.407 e. The predicted molar refractivity (Wildman–Crippen MR) is 160 cm³/mol. The minimum absolute atomic E-state index is 0.0760. The number of hydrogen-bond acceptors (Lipinski definition) is 4. The van der Waals surface area contributed by atoms with Gasteiger partial charge in [-0.05, 0) is 33.7 Å². The minimum atomic E-state index is -2.61. The molecule has 2 atom stereocenters. The Morgan fingerprint density at radius 2 is 1.35 bits per heavy atom. The second-order valence-electron chi connectivity index (χ2n) is 10.2. The van der Waals surface area contributed by atoms with Gasteiger partial charge in [0.15, 0.2) is 0 Å². The van der Waals surface area contributed by atoms with E-state index in [0.29, 0.717) is 32.0 Å². The van der Waals surface area contributed by atoms with Crippen LogP contribution in [-0.2, 0) is 20.5 Å². The van der Waals surface area contributed by atoms with Gasteiger partial charge in [-0.1, -0.05) is 112 Å². The van der Waals surface area contributed by atoms with Crippen LogP contribution in [0.3, 0.4) is 0 Å². The molecule has 3 aromatic carbocycles. The van der Waals surface area contributed by atoms with Gasteiger partial charge in [0.25, 0.3) is 8.32 Å². The summed E-state index contributed by atoms with van der Waals surface area (Å²) in [5.41, 5.74) is 1.12. The van der Waals surface area contributed by atoms with Crippen LogP contribution in [0.2, 0.25) is 5.04 Å². The lowest BCUT2D eigenvalue weighted by molar-refractivity contribution is -0.0717. The van der Waals surface area contributed by atoms with Crippen LogP contribution in [0.25, 0.3) is 0 Å². The molecule has 0 aliphatic carbocycles. The van der Waals surface area contributed by atoms with Crippen LogP contribution in [-0.4, -0.2) is 39.3 Å². The van der Waals surface area contributed by atoms with E-state index in [4.69, 9.17) is 20.3 Å². The predicted octanol–water partition coefficient (Wildman–Crippen LogP) is 6.27. The van der Waals surface area contributed by atoms with Crippen LogP contribution < -0.4 is 10.4 Å². The molecule has 0 spiro atoms. The van der Waals surface area contributed by atoms with E-state index in [-0.39, 0.29) is 17.2 Å². The zero-order chi connectivity index (χ0) is 26.6. The Morgan fingerprint density at radius 1 is 0.811 bits per heavy atom. The number of rotatable bonds is 14. The molecule has 196 valence electrons. The zero-order valence-electron chi connectivity index (χ0n) is 22.6. The van der Waals surface area contributed by atoms with Crippen molar-refractivity contribution in [3.63, 3.8) is 0 Å². The number of thioether (sulfide) groups is 1. The first kappa shape index (κ1) is 29.2. The van der Waals surface area contributed by atoms with Gasteiger partial charge in [-0.2, -0.15) is 0 Å². The van der Waals surface area contributed by atoms with E-state index in [9.17, 15) is 0 Å². The summed E-state index contributed by atoms with van der Waals surface area (Å²) in [7, 11) is -2.61. The summed E-state index contributed by atoms with van der Waals surface area (Å²) in [6, 6.07) is 31.6. The van der Waals surface area contributed by atoms with Crippen molar-refractivity contribution >= 4 is 30.5 Å². The molecule has 0 N–H and O–H groups in total. The molecule has 0 aliphatic heterocycles. The van der Waals surface area contributed by atoms with Gasteiger partial charge >= 0.3 is 0 Å². The summed E-state index contributed by atoms with van der Waals surface area (Å²) in [5, 5.41) is 2.47. The fourth-order valence-electron chi connectivity index (χ4n) is 4.81. The van der Waals surface area contributed by atoms with Gasteiger partial charge in [0.1, 0.15) is 0 Å². The summed E-state index contributed by atoms with van der Waals surface area (Å²) < 4.78 is 19.7. The second kappa shape index (κ2) is 14.6. The first-order valence-corrected chi connectivity index (χ1v) is 16.2. The number of benzene rings is 3. The van der Waals surface area contributed by atoms with Crippen molar-refractivity contribution in [2.45, 2.75) is 57.5 Å². The third kappa shape index (κ3) is 7.83. The molecule has 0 heterocycles. The average molecular weight is 533 g/mol. The van der Waals surface area contributed by atoms with Gasteiger partial charge in [-0.25, -0.2) is 0 Å². The Morgan fingerprint density at radius 3 is 1.84 bits per heavy atom. The van der Waals surface area contributed by atoms with E-state index in [2.05, 4.69) is 99.5 Å². The summed E-state index contributed by atoms with van der Waals surface area (Å²) in [6.07, 6.45) is 8.62. The highest BCUT2D eigenvalue weighted by molar-refractivity contribution is 7.98. The molecule has 37 heavy (non-hydrogen) atoms. The summed E-state index contributed by atoms with van der Waals surface area (Å²) >= 11 is 1.66. The van der Waals surface area contributed by atoms with Crippen molar-refractivity contribution in [1.29, 1.82) is 0 Å². The van der Waals surface area contributed by atoms with E-state index in [1.165, 1.54) is 10.4 Å². The highest BCUT2D eigenvalue weighted by Crippen LogP contribution is 2.37. The molecule has 0 unspecified atom stereocenters. The fraction of sp³-hybridized carbons (Fsp3) is 0.375. The molecule has 0 saturated heterocycles. The molecule has 0 fully saturated rings. The lowest BCUT2D eigenvalue weighted by atomic mass is 10.1. The van der Waals surface area contributed by atoms with Crippen molar-refractivity contribution in [2.24, 2.45) is 0 Å². The second-order valence-corrected chi connectivity index (χ2v) is 15.3. The van der Waals surface area contributed by atoms with Crippen LogP contribution >= 0.6 is 11.8 Å². The topological polar surface area (TPSA) is 27.7 Å². The highest BCUT2D eigenvalue weighted by atomic mass is 32.2. The van der Waals surface area contributed by atoms with Gasteiger partial charge in [0.2, 0.25) is 0 Å². The molecule has 0 saturated carbocycles. The van der Waals surface area contributed by atoms with Crippen molar-refractivity contribution < 1.29 is 13.9 Å². The van der Waals surface area contributed by atoms with E-state index < -0.39 is 8.32 Å². The van der Waals surface area contributed by atoms with Crippen molar-refractivity contribution in [3.05, 3.63) is 96.6 Å². The number of hydrogen-bond donors (Lipinski definition) is 0. The molecule has 0 bridgehead atoms. The van der Waals surface area contributed by atoms with Gasteiger partial charge in [0.05, 0.1) is 24.8 Å². The maximum atomic E-state index is 7.11. The zero-order valence-corrected chi connectivity index (χ0v) is 24.4. The summed E-state index contributed by atoms with van der Waals surface area (Å²) in [6.45, 7) is 7.95. The maximum absolute atomic E-state index is 7.11. The third-order valence-corrected chi connectivity index (χ3v) is 12.0. The maximum Gasteiger partial charge on any atom is 0.261 e. The van der Waals surface area contributed by atoms with Crippen LogP contribution in [0.4, 0.5) is 0 Å². The van der Waals surface area contributed by atoms with Crippen molar-refractivity contribution in [3.8, 4) is 12.3 Å². The quantitative estimate of drug-likeness (QED) is 0.139. The first-order valence-electron chi connectivity index (χ1n) is 12.9. The summed E-state index contributed by atoms with van der Waals surface area (Å²) in [4.78, 5) is 0. The normalized spacial score (nSPS) is 13.6. The Labute approximate surface area is 229 Å². The first-order chi connectivity index (χ1) is 17.9. The van der Waals surface area contributed by atoms with Crippen LogP contribution in [0.1, 0.15) is 39.2 Å². The SMILES string of the molecule is C#CC[C@H](OCc1ccccc1)[C@H](CCO[Si](c1ccccc1)(c1ccccc1)C(C)(C)C)OCSC. The molecule has 0 radical (unpaired) electrons. The molecular weight excluding hydrogens is 493 g/mol. The molecule has 3 aromatic rings. The Hall–Kier alpha value is -2.33. The molecule has 0 aliphatic rings. The Kier molecular flexibility index (Phi) is 11.5. The molecule has 3 rings (SSSR count). The van der Waals surface area contributed by atoms with Gasteiger partial charge in [-0.3, -0.25) is 0 Å². The molecular formula is C32H40O3SSi. The van der Waals surface area contributed by atoms with Crippen LogP contribution in [0.15, 0.2) is 91.0 Å². The molecule has 5 heteroatoms. The smallest absolute Gasteiger partial charge is 0.261 e. The Bertz CT molecular complexity index is 1040. The third-order valence-electron chi connectivity index (χ3n) is 6.58. The highest BCUT2D eigenvalue weighted by Gasteiger charge is 2.50. The van der Waals surface area contributed by atoms with Crippen LogP contribution in [0, 0.1) is 12.3 Å². The van der Waals surface area contributed by atoms with Gasteiger partial charge in [-0.15, -0.1) is 24.1 Å². The van der Waals surface area contributed by atoms with Gasteiger partial charge in [0, 0.05) is 13.0 Å². The molecule has 0 amide bonds. The number of ether oxygens (including phenoxy) is 2. The average Bonchev–Trinajstić information content (AvgIpc) is 2.92. The molecule has 0 aromatic heterocycles. The van der Waals surface area contributed by atoms with Crippen molar-refractivity contribution in [1.82, 2.24) is 0 Å². The van der Waals surface area contributed by atoms with E-state index in [1.807, 2.05) is 24.5 Å². The van der Waals surface area contributed by atoms with E-state index >= 15 is 0 Å². The molecule has 3 nitrogen and oxygen atoms in total. The Balaban J connectivity index is 1.85. The monoisotopic (exact) mass is 532 g/mol. The van der Waals surface area contributed by atoms with Gasteiger partial charge < -0.3 is 13.9 Å². The lowest BCUT2D eigenvalue weighted by Crippen LogP contribution is -2.66. The lowest BCUT2D eigenvalue weighted by Gasteiger charge is -2.43. The minimum Gasteiger partial charge on any atom is -0.407 e. The van der Waals surface area contributed by atoms with Crippen LogP contribution in [0.5, 0.6) is 0 Å². The fourth-order valence-corrected chi connectivity index (χ4v) is 9.70. The number of terminal acetylenes is 1. The summed E-state index contributed by atoms with van der Waals surface area (Å²) in [5.74, 6) is 3.38. The van der Waals surface area contributed by atoms with Crippen molar-refractivity contribution in [2.75, 3.05) is 18.8 Å².